The highest BCUT2D eigenvalue weighted by molar-refractivity contribution is 7.92. The predicted molar refractivity (Wildman–Crippen MR) is 124 cm³/mol. The van der Waals surface area contributed by atoms with E-state index in [-0.39, 0.29) is 4.90 Å². The number of aromatic nitrogens is 2. The Balaban J connectivity index is 1.66. The van der Waals surface area contributed by atoms with Gasteiger partial charge in [0.25, 0.3) is 10.0 Å². The van der Waals surface area contributed by atoms with Gasteiger partial charge in [0.05, 0.1) is 11.4 Å². The number of nitrogens with zero attached hydrogens (tertiary/aromatic N) is 4. The molecule has 30 heavy (non-hydrogen) atoms. The van der Waals surface area contributed by atoms with Crippen LogP contribution in [0.25, 0.3) is 0 Å². The van der Waals surface area contributed by atoms with Crippen molar-refractivity contribution in [3.8, 4) is 0 Å². The molecule has 0 saturated carbocycles. The number of benzene rings is 1. The fourth-order valence-corrected chi connectivity index (χ4v) is 5.39. The molecule has 0 saturated heterocycles. The first-order chi connectivity index (χ1) is 14.3. The summed E-state index contributed by atoms with van der Waals surface area (Å²) in [5.41, 5.74) is 1.68. The topological polar surface area (TPSA) is 78.4 Å². The predicted octanol–water partition coefficient (Wildman–Crippen LogP) is 3.78. The Hall–Kier alpha value is -2.65. The average Bonchev–Trinajstić information content (AvgIpc) is 3.10. The third-order valence-corrected chi connectivity index (χ3v) is 7.85. The number of hydrogen-bond donors (Lipinski definition) is 1. The molecule has 3 aromatic rings. The number of rotatable bonds is 9. The van der Waals surface area contributed by atoms with Crippen LogP contribution < -0.4 is 14.5 Å². The molecule has 0 aliphatic rings. The molecule has 0 aliphatic heterocycles. The number of nitrogens with one attached hydrogen (secondary N) is 1. The van der Waals surface area contributed by atoms with Gasteiger partial charge in [0.2, 0.25) is 0 Å². The summed E-state index contributed by atoms with van der Waals surface area (Å²) in [6.45, 7) is 4.87. The van der Waals surface area contributed by atoms with Crippen molar-refractivity contribution in [3.63, 3.8) is 0 Å². The molecule has 7 nitrogen and oxygen atoms in total. The van der Waals surface area contributed by atoms with Crippen LogP contribution in [0.5, 0.6) is 0 Å². The Morgan fingerprint density at radius 1 is 1.10 bits per heavy atom. The van der Waals surface area contributed by atoms with Crippen LogP contribution in [0.2, 0.25) is 0 Å². The molecule has 2 heterocycles. The molecule has 0 unspecified atom stereocenters. The third kappa shape index (κ3) is 4.91. The van der Waals surface area contributed by atoms with Gasteiger partial charge in [-0.2, -0.15) is 0 Å². The highest BCUT2D eigenvalue weighted by Gasteiger charge is 2.23. The SMILES string of the molecule is CCN(c1ccccc1)S(=O)(=O)c1ccc(NCCc2sc(N(C)C)nc2C)nc1. The van der Waals surface area contributed by atoms with Crippen LogP contribution in [0.15, 0.2) is 53.6 Å². The first-order valence-corrected chi connectivity index (χ1v) is 12.0. The Morgan fingerprint density at radius 3 is 2.40 bits per heavy atom. The summed E-state index contributed by atoms with van der Waals surface area (Å²) < 4.78 is 27.4. The summed E-state index contributed by atoms with van der Waals surface area (Å²) in [7, 11) is 0.303. The molecule has 0 amide bonds. The summed E-state index contributed by atoms with van der Waals surface area (Å²) in [4.78, 5) is 12.3. The Bertz CT molecular complexity index is 1060. The summed E-state index contributed by atoms with van der Waals surface area (Å²) in [5, 5.41) is 4.25. The lowest BCUT2D eigenvalue weighted by Crippen LogP contribution is -2.30. The molecule has 0 fully saturated rings. The van der Waals surface area contributed by atoms with Crippen molar-refractivity contribution in [2.24, 2.45) is 0 Å². The largest absolute Gasteiger partial charge is 0.370 e. The molecule has 0 bridgehead atoms. The molecule has 9 heteroatoms. The molecular weight excluding hydrogens is 418 g/mol. The minimum absolute atomic E-state index is 0.174. The maximum absolute atomic E-state index is 13.0. The van der Waals surface area contributed by atoms with Gasteiger partial charge in [-0.3, -0.25) is 4.31 Å². The van der Waals surface area contributed by atoms with Gasteiger partial charge >= 0.3 is 0 Å². The van der Waals surface area contributed by atoms with Crippen molar-refractivity contribution in [3.05, 3.63) is 59.2 Å². The highest BCUT2D eigenvalue weighted by atomic mass is 32.2. The minimum atomic E-state index is -3.66. The second-order valence-electron chi connectivity index (χ2n) is 6.96. The fourth-order valence-electron chi connectivity index (χ4n) is 2.99. The lowest BCUT2D eigenvalue weighted by molar-refractivity contribution is 0.591. The number of anilines is 3. The van der Waals surface area contributed by atoms with Crippen molar-refractivity contribution in [2.45, 2.75) is 25.2 Å². The van der Waals surface area contributed by atoms with Crippen molar-refractivity contribution >= 4 is 38.0 Å². The summed E-state index contributed by atoms with van der Waals surface area (Å²) >= 11 is 1.68. The van der Waals surface area contributed by atoms with Gasteiger partial charge in [-0.15, -0.1) is 11.3 Å². The highest BCUT2D eigenvalue weighted by Crippen LogP contribution is 2.25. The van der Waals surface area contributed by atoms with Gasteiger partial charge in [0, 0.05) is 44.7 Å². The summed E-state index contributed by atoms with van der Waals surface area (Å²) in [6, 6.07) is 12.4. The normalized spacial score (nSPS) is 11.3. The summed E-state index contributed by atoms with van der Waals surface area (Å²) in [5.74, 6) is 0.645. The molecule has 3 rings (SSSR count). The van der Waals surface area contributed by atoms with Gasteiger partial charge in [0.15, 0.2) is 5.13 Å². The van der Waals surface area contributed by atoms with E-state index >= 15 is 0 Å². The van der Waals surface area contributed by atoms with Crippen LogP contribution >= 0.6 is 11.3 Å². The monoisotopic (exact) mass is 445 g/mol. The molecule has 0 aliphatic carbocycles. The van der Waals surface area contributed by atoms with Gasteiger partial charge < -0.3 is 10.2 Å². The van der Waals surface area contributed by atoms with E-state index in [4.69, 9.17) is 0 Å². The second kappa shape index (κ2) is 9.44. The zero-order valence-electron chi connectivity index (χ0n) is 17.7. The number of thiazole rings is 1. The first-order valence-electron chi connectivity index (χ1n) is 9.74. The van der Waals surface area contributed by atoms with E-state index in [1.54, 1.807) is 35.6 Å². The van der Waals surface area contributed by atoms with Gasteiger partial charge in [0.1, 0.15) is 10.7 Å². The molecule has 0 spiro atoms. The van der Waals surface area contributed by atoms with Crippen LogP contribution in [0.1, 0.15) is 17.5 Å². The molecule has 160 valence electrons. The lowest BCUT2D eigenvalue weighted by atomic mass is 10.3. The van der Waals surface area contributed by atoms with Crippen LogP contribution in [-0.2, 0) is 16.4 Å². The number of pyridine rings is 1. The van der Waals surface area contributed by atoms with E-state index < -0.39 is 10.0 Å². The molecule has 0 radical (unpaired) electrons. The quantitative estimate of drug-likeness (QED) is 0.540. The number of para-hydroxylation sites is 1. The van der Waals surface area contributed by atoms with E-state index in [0.717, 1.165) is 17.2 Å². The first kappa shape index (κ1) is 22.0. The average molecular weight is 446 g/mol. The van der Waals surface area contributed by atoms with Crippen LogP contribution in [-0.4, -0.2) is 45.6 Å². The summed E-state index contributed by atoms with van der Waals surface area (Å²) in [6.07, 6.45) is 2.24. The second-order valence-corrected chi connectivity index (χ2v) is 9.89. The number of hydrogen-bond acceptors (Lipinski definition) is 7. The van der Waals surface area contributed by atoms with E-state index in [9.17, 15) is 8.42 Å². The van der Waals surface area contributed by atoms with E-state index in [1.165, 1.54) is 15.4 Å². The number of sulfonamides is 1. The molecule has 0 atom stereocenters. The smallest absolute Gasteiger partial charge is 0.265 e. The van der Waals surface area contributed by atoms with Crippen molar-refractivity contribution < 1.29 is 8.42 Å². The number of aryl methyl sites for hydroxylation is 1. The van der Waals surface area contributed by atoms with Gasteiger partial charge in [-0.25, -0.2) is 18.4 Å². The molecule has 1 N–H and O–H groups in total. The Morgan fingerprint density at radius 2 is 1.83 bits per heavy atom. The standard InChI is InChI=1S/C21H27N5O2S2/c1-5-26(17-9-7-6-8-10-17)30(27,28)18-11-12-20(23-15-18)22-14-13-19-16(2)24-21(29-19)25(3)4/h6-12,15H,5,13-14H2,1-4H3,(H,22,23). The molecule has 2 aromatic heterocycles. The lowest BCUT2D eigenvalue weighted by Gasteiger charge is -2.22. The maximum atomic E-state index is 13.0. The van der Waals surface area contributed by atoms with Gasteiger partial charge in [-0.05, 0) is 38.1 Å². The van der Waals surface area contributed by atoms with E-state index in [2.05, 4.69) is 15.3 Å². The molecule has 1 aromatic carbocycles. The minimum Gasteiger partial charge on any atom is -0.370 e. The zero-order chi connectivity index (χ0) is 21.7. The van der Waals surface area contributed by atoms with Crippen LogP contribution in [0.4, 0.5) is 16.6 Å². The van der Waals surface area contributed by atoms with Crippen molar-refractivity contribution in [2.75, 3.05) is 41.7 Å². The van der Waals surface area contributed by atoms with E-state index in [0.29, 0.717) is 24.6 Å². The zero-order valence-corrected chi connectivity index (χ0v) is 19.3. The Labute approximate surface area is 182 Å². The Kier molecular flexibility index (Phi) is 6.94. The van der Waals surface area contributed by atoms with Gasteiger partial charge in [-0.1, -0.05) is 18.2 Å². The van der Waals surface area contributed by atoms with Crippen LogP contribution in [0.3, 0.4) is 0 Å². The van der Waals surface area contributed by atoms with Crippen molar-refractivity contribution in [1.82, 2.24) is 9.97 Å². The van der Waals surface area contributed by atoms with Crippen molar-refractivity contribution in [1.29, 1.82) is 0 Å². The molecular formula is C21H27N5O2S2. The fraction of sp³-hybridized carbons (Fsp3) is 0.333. The maximum Gasteiger partial charge on any atom is 0.265 e. The third-order valence-electron chi connectivity index (χ3n) is 4.58. The van der Waals surface area contributed by atoms with E-state index in [1.807, 2.05) is 51.0 Å². The van der Waals surface area contributed by atoms with Crippen LogP contribution in [0, 0.1) is 6.92 Å².